The summed E-state index contributed by atoms with van der Waals surface area (Å²) in [6, 6.07) is 6.69. The van der Waals surface area contributed by atoms with Gasteiger partial charge in [-0.3, -0.25) is 4.79 Å². The number of rotatable bonds is 4. The van der Waals surface area contributed by atoms with Gasteiger partial charge < -0.3 is 16.0 Å². The molecule has 1 aromatic carbocycles. The van der Waals surface area contributed by atoms with Crippen LogP contribution in [-0.4, -0.2) is 47.5 Å². The number of benzene rings is 1. The molecule has 1 saturated heterocycles. The first-order chi connectivity index (χ1) is 12.5. The van der Waals surface area contributed by atoms with Crippen LogP contribution in [0.4, 0.5) is 10.2 Å². The zero-order valence-electron chi connectivity index (χ0n) is 14.9. The molecule has 1 aliphatic heterocycles. The van der Waals surface area contributed by atoms with E-state index in [1.165, 1.54) is 18.5 Å². The summed E-state index contributed by atoms with van der Waals surface area (Å²) in [5.74, 6) is -0.515. The Morgan fingerprint density at radius 3 is 2.88 bits per heavy atom. The minimum Gasteiger partial charge on any atom is -0.382 e. The summed E-state index contributed by atoms with van der Waals surface area (Å²) in [5.41, 5.74) is 6.46. The number of halogens is 1. The Morgan fingerprint density at radius 2 is 2.12 bits per heavy atom. The molecule has 1 aliphatic rings. The fourth-order valence-electron chi connectivity index (χ4n) is 3.57. The molecule has 1 atom stereocenters. The van der Waals surface area contributed by atoms with Gasteiger partial charge in [-0.15, -0.1) is 0 Å². The van der Waals surface area contributed by atoms with Crippen molar-refractivity contribution >= 4 is 11.7 Å². The number of aromatic nitrogens is 2. The lowest BCUT2D eigenvalue weighted by molar-refractivity contribution is 0.0936. The highest BCUT2D eigenvalue weighted by Crippen LogP contribution is 2.35. The van der Waals surface area contributed by atoms with Crippen molar-refractivity contribution in [3.63, 3.8) is 0 Å². The van der Waals surface area contributed by atoms with E-state index in [-0.39, 0.29) is 28.7 Å². The number of carbonyl (C=O) groups is 1. The second-order valence-electron chi connectivity index (χ2n) is 6.92. The van der Waals surface area contributed by atoms with Gasteiger partial charge in [-0.1, -0.05) is 12.1 Å². The molecule has 0 saturated carbocycles. The molecule has 26 heavy (non-hydrogen) atoms. The number of anilines is 1. The first kappa shape index (κ1) is 18.3. The highest BCUT2D eigenvalue weighted by molar-refractivity contribution is 5.96. The first-order valence-electron chi connectivity index (χ1n) is 8.79. The zero-order chi connectivity index (χ0) is 18.6. The van der Waals surface area contributed by atoms with E-state index >= 15 is 0 Å². The Kier molecular flexibility index (Phi) is 5.46. The molecule has 1 aromatic heterocycles. The fourth-order valence-corrected chi connectivity index (χ4v) is 3.57. The molecule has 0 aliphatic carbocycles. The van der Waals surface area contributed by atoms with Gasteiger partial charge >= 0.3 is 0 Å². The van der Waals surface area contributed by atoms with Crippen molar-refractivity contribution in [2.75, 3.05) is 32.4 Å². The molecule has 0 bridgehead atoms. The number of nitrogen functional groups attached to an aromatic ring is 1. The maximum Gasteiger partial charge on any atom is 0.273 e. The predicted molar refractivity (Wildman–Crippen MR) is 98.2 cm³/mol. The third kappa shape index (κ3) is 3.99. The van der Waals surface area contributed by atoms with Gasteiger partial charge in [0.05, 0.1) is 0 Å². The third-order valence-corrected chi connectivity index (χ3v) is 5.13. The Morgan fingerprint density at radius 1 is 1.31 bits per heavy atom. The highest BCUT2D eigenvalue weighted by atomic mass is 19.1. The second-order valence-corrected chi connectivity index (χ2v) is 6.92. The summed E-state index contributed by atoms with van der Waals surface area (Å²) in [5, 5.41) is 2.95. The van der Waals surface area contributed by atoms with Gasteiger partial charge in [0, 0.05) is 24.4 Å². The van der Waals surface area contributed by atoms with Gasteiger partial charge in [0.1, 0.15) is 5.82 Å². The summed E-state index contributed by atoms with van der Waals surface area (Å²) in [7, 11) is 2.08. The van der Waals surface area contributed by atoms with Gasteiger partial charge in [0.2, 0.25) is 0 Å². The molecule has 1 amide bonds. The number of carbonyl (C=O) groups excluding carboxylic acids is 1. The number of hydrogen-bond donors (Lipinski definition) is 2. The highest BCUT2D eigenvalue weighted by Gasteiger charge is 2.35. The lowest BCUT2D eigenvalue weighted by Crippen LogP contribution is -2.42. The quantitative estimate of drug-likeness (QED) is 0.874. The summed E-state index contributed by atoms with van der Waals surface area (Å²) in [6.07, 6.45) is 5.58. The van der Waals surface area contributed by atoms with Crippen LogP contribution in [0.3, 0.4) is 0 Å². The molecule has 0 spiro atoms. The van der Waals surface area contributed by atoms with E-state index in [1.54, 1.807) is 12.1 Å². The lowest BCUT2D eigenvalue weighted by atomic mass is 9.74. The molecule has 3 rings (SSSR count). The molecular weight excluding hydrogens is 333 g/mol. The van der Waals surface area contributed by atoms with Crippen LogP contribution in [0.1, 0.15) is 35.3 Å². The molecule has 2 aromatic rings. The van der Waals surface area contributed by atoms with Gasteiger partial charge in [-0.25, -0.2) is 14.4 Å². The van der Waals surface area contributed by atoms with Crippen LogP contribution in [0.5, 0.6) is 0 Å². The van der Waals surface area contributed by atoms with E-state index in [0.29, 0.717) is 6.54 Å². The number of hydrogen-bond acceptors (Lipinski definition) is 5. The topological polar surface area (TPSA) is 84.1 Å². The first-order valence-corrected chi connectivity index (χ1v) is 8.79. The van der Waals surface area contributed by atoms with Crippen molar-refractivity contribution in [1.29, 1.82) is 0 Å². The number of nitrogens with one attached hydrogen (secondary N) is 1. The Balaban J connectivity index is 1.84. The van der Waals surface area contributed by atoms with Crippen molar-refractivity contribution < 1.29 is 9.18 Å². The van der Waals surface area contributed by atoms with Crippen LogP contribution in [0.25, 0.3) is 0 Å². The molecule has 1 fully saturated rings. The predicted octanol–water partition coefficient (Wildman–Crippen LogP) is 1.98. The smallest absolute Gasteiger partial charge is 0.273 e. The van der Waals surface area contributed by atoms with Crippen molar-refractivity contribution in [3.8, 4) is 0 Å². The molecule has 138 valence electrons. The molecule has 0 radical (unpaired) electrons. The van der Waals surface area contributed by atoms with Gasteiger partial charge in [-0.2, -0.15) is 0 Å². The minimum absolute atomic E-state index is 0.102. The number of nitrogens with zero attached hydrogens (tertiary/aromatic N) is 3. The van der Waals surface area contributed by atoms with Gasteiger partial charge in [-0.05, 0) is 57.1 Å². The Labute approximate surface area is 152 Å². The van der Waals surface area contributed by atoms with Crippen LogP contribution >= 0.6 is 0 Å². The lowest BCUT2D eigenvalue weighted by Gasteiger charge is -2.34. The van der Waals surface area contributed by atoms with Crippen molar-refractivity contribution in [1.82, 2.24) is 20.2 Å². The van der Waals surface area contributed by atoms with Crippen LogP contribution in [-0.2, 0) is 5.41 Å². The van der Waals surface area contributed by atoms with Crippen LogP contribution in [0.15, 0.2) is 36.7 Å². The van der Waals surface area contributed by atoms with Gasteiger partial charge in [0.25, 0.3) is 5.91 Å². The van der Waals surface area contributed by atoms with E-state index < -0.39 is 0 Å². The third-order valence-electron chi connectivity index (χ3n) is 5.13. The molecular formula is C19H24FN5O. The van der Waals surface area contributed by atoms with Crippen LogP contribution in [0, 0.1) is 5.82 Å². The van der Waals surface area contributed by atoms with E-state index in [9.17, 15) is 9.18 Å². The largest absolute Gasteiger partial charge is 0.382 e. The summed E-state index contributed by atoms with van der Waals surface area (Å²) in [4.78, 5) is 22.7. The second kappa shape index (κ2) is 7.78. The average molecular weight is 357 g/mol. The molecule has 1 unspecified atom stereocenters. The van der Waals surface area contributed by atoms with Crippen molar-refractivity contribution in [2.24, 2.45) is 0 Å². The van der Waals surface area contributed by atoms with Crippen LogP contribution in [0.2, 0.25) is 0 Å². The summed E-state index contributed by atoms with van der Waals surface area (Å²) < 4.78 is 13.9. The SMILES string of the molecule is CN1CCCC(CNC(=O)c2nccnc2N)(c2cccc(F)c2)CC1. The zero-order valence-corrected chi connectivity index (χ0v) is 14.9. The minimum atomic E-state index is -0.357. The Hall–Kier alpha value is -2.54. The number of amides is 1. The fraction of sp³-hybridized carbons (Fsp3) is 0.421. The van der Waals surface area contributed by atoms with E-state index in [1.807, 2.05) is 6.07 Å². The number of nitrogens with two attached hydrogens (primary N) is 1. The monoisotopic (exact) mass is 357 g/mol. The van der Waals surface area contributed by atoms with Crippen molar-refractivity contribution in [3.05, 3.63) is 53.7 Å². The Bertz CT molecular complexity index is 784. The summed E-state index contributed by atoms with van der Waals surface area (Å²) in [6.45, 7) is 2.28. The normalized spacial score (nSPS) is 21.2. The molecule has 6 nitrogen and oxygen atoms in total. The number of likely N-dealkylation sites (tertiary alicyclic amines) is 1. The van der Waals surface area contributed by atoms with Crippen LogP contribution < -0.4 is 11.1 Å². The molecule has 2 heterocycles. The maximum absolute atomic E-state index is 13.9. The summed E-state index contributed by atoms with van der Waals surface area (Å²) >= 11 is 0. The maximum atomic E-state index is 13.9. The molecule has 7 heteroatoms. The van der Waals surface area contributed by atoms with Crippen molar-refractivity contribution in [2.45, 2.75) is 24.7 Å². The van der Waals surface area contributed by atoms with Gasteiger partial charge in [0.15, 0.2) is 11.5 Å². The van der Waals surface area contributed by atoms with E-state index in [4.69, 9.17) is 5.73 Å². The standard InChI is InChI=1S/C19H24FN5O/c1-25-10-3-6-19(7-11-25,14-4-2-5-15(20)12-14)13-24-18(26)16-17(21)23-9-8-22-16/h2,4-5,8-9,12H,3,6-7,10-11,13H2,1H3,(H2,21,23)(H,24,26). The van der Waals surface area contributed by atoms with E-state index in [2.05, 4.69) is 27.2 Å². The molecule has 3 N–H and O–H groups in total. The van der Waals surface area contributed by atoms with E-state index in [0.717, 1.165) is 37.9 Å². The average Bonchev–Trinajstić information content (AvgIpc) is 2.82.